The maximum absolute atomic E-state index is 12.4. The summed E-state index contributed by atoms with van der Waals surface area (Å²) in [5, 5.41) is 9.42. The van der Waals surface area contributed by atoms with Crippen LogP contribution in [0.4, 0.5) is 0 Å². The molecule has 0 aliphatic carbocycles. The van der Waals surface area contributed by atoms with E-state index in [9.17, 15) is 14.7 Å². The number of rotatable bonds is 4. The minimum absolute atomic E-state index is 0.164. The summed E-state index contributed by atoms with van der Waals surface area (Å²) < 4.78 is 0. The fraction of sp³-hybridized carbons (Fsp3) is 0.500. The fourth-order valence-electron chi connectivity index (χ4n) is 3.52. The number of likely N-dealkylation sites (tertiary alicyclic amines) is 1. The predicted molar refractivity (Wildman–Crippen MR) is 77.8 cm³/mol. The first-order valence-corrected chi connectivity index (χ1v) is 7.47. The lowest BCUT2D eigenvalue weighted by Crippen LogP contribution is -2.44. The van der Waals surface area contributed by atoms with Crippen molar-refractivity contribution in [1.29, 1.82) is 0 Å². The summed E-state index contributed by atoms with van der Waals surface area (Å²) >= 11 is 0. The predicted octanol–water partition coefficient (Wildman–Crippen LogP) is 1.33. The summed E-state index contributed by atoms with van der Waals surface area (Å²) in [5.41, 5.74) is 0.988. The van der Waals surface area contributed by atoms with Crippen LogP contribution in [0.1, 0.15) is 40.5 Å². The standard InChI is InChI=1S/C16H20N2O3/c1-2-14-11(9-19)7-8-17(14)10-18-15(20)12-5-3-4-6-13(12)16(18)21/h3-6,11,14,19H,2,7-10H2,1H3. The average molecular weight is 288 g/mol. The normalized spacial score (nSPS) is 25.7. The van der Waals surface area contributed by atoms with Crippen LogP contribution in [0.5, 0.6) is 0 Å². The molecule has 2 atom stereocenters. The van der Waals surface area contributed by atoms with E-state index in [1.165, 1.54) is 4.90 Å². The van der Waals surface area contributed by atoms with E-state index in [0.29, 0.717) is 17.8 Å². The monoisotopic (exact) mass is 288 g/mol. The van der Waals surface area contributed by atoms with Gasteiger partial charge >= 0.3 is 0 Å². The van der Waals surface area contributed by atoms with Gasteiger partial charge in [0.25, 0.3) is 11.8 Å². The number of aliphatic hydroxyl groups excluding tert-OH is 1. The maximum atomic E-state index is 12.4. The van der Waals surface area contributed by atoms with Gasteiger partial charge in [0.2, 0.25) is 0 Å². The molecule has 0 spiro atoms. The van der Waals surface area contributed by atoms with Crippen LogP contribution in [0, 0.1) is 5.92 Å². The molecule has 2 heterocycles. The van der Waals surface area contributed by atoms with E-state index in [1.807, 2.05) is 0 Å². The van der Waals surface area contributed by atoms with Crippen molar-refractivity contribution in [2.24, 2.45) is 5.92 Å². The molecule has 112 valence electrons. The van der Waals surface area contributed by atoms with Gasteiger partial charge in [0.1, 0.15) is 0 Å². The number of imide groups is 1. The number of carbonyl (C=O) groups excluding carboxylic acids is 2. The van der Waals surface area contributed by atoms with Gasteiger partial charge in [0.05, 0.1) is 17.8 Å². The van der Waals surface area contributed by atoms with Crippen molar-refractivity contribution in [1.82, 2.24) is 9.80 Å². The molecule has 3 rings (SSSR count). The number of carbonyl (C=O) groups is 2. The number of aliphatic hydroxyl groups is 1. The van der Waals surface area contributed by atoms with Crippen molar-refractivity contribution >= 4 is 11.8 Å². The zero-order valence-electron chi connectivity index (χ0n) is 12.2. The SMILES string of the molecule is CCC1C(CO)CCN1CN1C(=O)c2ccccc2C1=O. The van der Waals surface area contributed by atoms with E-state index in [2.05, 4.69) is 11.8 Å². The van der Waals surface area contributed by atoms with Gasteiger partial charge in [-0.05, 0) is 30.9 Å². The van der Waals surface area contributed by atoms with Gasteiger partial charge in [-0.3, -0.25) is 19.4 Å². The second-order valence-corrected chi connectivity index (χ2v) is 5.74. The Morgan fingerprint density at radius 1 is 1.19 bits per heavy atom. The molecular formula is C16H20N2O3. The van der Waals surface area contributed by atoms with Crippen LogP contribution in [0.2, 0.25) is 0 Å². The Morgan fingerprint density at radius 3 is 2.33 bits per heavy atom. The molecule has 0 saturated carbocycles. The molecule has 1 saturated heterocycles. The van der Waals surface area contributed by atoms with Gasteiger partial charge in [-0.2, -0.15) is 0 Å². The maximum Gasteiger partial charge on any atom is 0.262 e. The van der Waals surface area contributed by atoms with Crippen molar-refractivity contribution < 1.29 is 14.7 Å². The zero-order chi connectivity index (χ0) is 15.0. The van der Waals surface area contributed by atoms with Crippen molar-refractivity contribution in [3.8, 4) is 0 Å². The van der Waals surface area contributed by atoms with E-state index in [0.717, 1.165) is 19.4 Å². The first kappa shape index (κ1) is 14.2. The Kier molecular flexibility index (Phi) is 3.78. The highest BCUT2D eigenvalue weighted by molar-refractivity contribution is 6.21. The molecule has 5 heteroatoms. The Hall–Kier alpha value is -1.72. The van der Waals surface area contributed by atoms with Crippen molar-refractivity contribution in [3.63, 3.8) is 0 Å². The molecule has 2 amide bonds. The van der Waals surface area contributed by atoms with Gasteiger partial charge < -0.3 is 5.11 Å². The summed E-state index contributed by atoms with van der Waals surface area (Å²) in [4.78, 5) is 28.2. The first-order valence-electron chi connectivity index (χ1n) is 7.47. The number of amides is 2. The fourth-order valence-corrected chi connectivity index (χ4v) is 3.52. The Bertz CT molecular complexity index is 537. The second-order valence-electron chi connectivity index (χ2n) is 5.74. The van der Waals surface area contributed by atoms with Crippen molar-refractivity contribution in [2.45, 2.75) is 25.8 Å². The van der Waals surface area contributed by atoms with Gasteiger partial charge in [-0.1, -0.05) is 19.1 Å². The molecule has 2 unspecified atom stereocenters. The van der Waals surface area contributed by atoms with Crippen LogP contribution in [0.25, 0.3) is 0 Å². The largest absolute Gasteiger partial charge is 0.396 e. The number of fused-ring (bicyclic) bond motifs is 1. The minimum atomic E-state index is -0.210. The number of benzene rings is 1. The highest BCUT2D eigenvalue weighted by atomic mass is 16.3. The van der Waals surface area contributed by atoms with Gasteiger partial charge in [0.15, 0.2) is 0 Å². The molecule has 5 nitrogen and oxygen atoms in total. The summed E-state index contributed by atoms with van der Waals surface area (Å²) in [5.74, 6) is -0.180. The molecule has 0 aromatic heterocycles. The van der Waals surface area contributed by atoms with Crippen LogP contribution in [0.15, 0.2) is 24.3 Å². The van der Waals surface area contributed by atoms with Crippen LogP contribution in [-0.2, 0) is 0 Å². The number of nitrogens with zero attached hydrogens (tertiary/aromatic N) is 2. The lowest BCUT2D eigenvalue weighted by molar-refractivity contribution is 0.0500. The summed E-state index contributed by atoms with van der Waals surface area (Å²) in [7, 11) is 0. The molecule has 21 heavy (non-hydrogen) atoms. The van der Waals surface area contributed by atoms with E-state index in [4.69, 9.17) is 0 Å². The van der Waals surface area contributed by atoms with Crippen LogP contribution >= 0.6 is 0 Å². The summed E-state index contributed by atoms with van der Waals surface area (Å²) in [6, 6.07) is 7.19. The van der Waals surface area contributed by atoms with Crippen molar-refractivity contribution in [3.05, 3.63) is 35.4 Å². The quantitative estimate of drug-likeness (QED) is 0.849. The second kappa shape index (κ2) is 5.58. The van der Waals surface area contributed by atoms with Crippen LogP contribution < -0.4 is 0 Å². The van der Waals surface area contributed by atoms with Crippen LogP contribution in [0.3, 0.4) is 0 Å². The lowest BCUT2D eigenvalue weighted by atomic mass is 10.00. The Labute approximate surface area is 124 Å². The topological polar surface area (TPSA) is 60.9 Å². The average Bonchev–Trinajstić information content (AvgIpc) is 3.02. The summed E-state index contributed by atoms with van der Waals surface area (Å²) in [6.45, 7) is 3.38. The third-order valence-corrected chi connectivity index (χ3v) is 4.65. The Balaban J connectivity index is 1.78. The van der Waals surface area contributed by atoms with Gasteiger partial charge in [-0.15, -0.1) is 0 Å². The highest BCUT2D eigenvalue weighted by Gasteiger charge is 2.39. The summed E-state index contributed by atoms with van der Waals surface area (Å²) in [6.07, 6.45) is 1.83. The third kappa shape index (κ3) is 2.26. The molecule has 1 aromatic carbocycles. The smallest absolute Gasteiger partial charge is 0.262 e. The lowest BCUT2D eigenvalue weighted by Gasteiger charge is -2.29. The minimum Gasteiger partial charge on any atom is -0.396 e. The van der Waals surface area contributed by atoms with E-state index in [1.54, 1.807) is 24.3 Å². The van der Waals surface area contributed by atoms with E-state index >= 15 is 0 Å². The third-order valence-electron chi connectivity index (χ3n) is 4.65. The first-order chi connectivity index (χ1) is 10.2. The number of hydrogen-bond donors (Lipinski definition) is 1. The molecule has 1 fully saturated rings. The molecule has 0 bridgehead atoms. The molecule has 1 aromatic rings. The van der Waals surface area contributed by atoms with Crippen LogP contribution in [-0.4, -0.2) is 52.6 Å². The molecule has 1 N–H and O–H groups in total. The zero-order valence-corrected chi connectivity index (χ0v) is 12.2. The molecule has 2 aliphatic rings. The molecule has 0 radical (unpaired) electrons. The highest BCUT2D eigenvalue weighted by Crippen LogP contribution is 2.29. The van der Waals surface area contributed by atoms with Gasteiger partial charge in [-0.25, -0.2) is 0 Å². The van der Waals surface area contributed by atoms with Crippen molar-refractivity contribution in [2.75, 3.05) is 19.8 Å². The molecular weight excluding hydrogens is 268 g/mol. The van der Waals surface area contributed by atoms with E-state index in [-0.39, 0.29) is 30.4 Å². The number of hydrogen-bond acceptors (Lipinski definition) is 4. The molecule has 2 aliphatic heterocycles. The van der Waals surface area contributed by atoms with E-state index < -0.39 is 0 Å². The van der Waals surface area contributed by atoms with Gasteiger partial charge in [0, 0.05) is 19.2 Å². The Morgan fingerprint density at radius 2 is 1.81 bits per heavy atom.